The van der Waals surface area contributed by atoms with Crippen molar-refractivity contribution in [2.24, 2.45) is 17.6 Å². The predicted molar refractivity (Wildman–Crippen MR) is 69.2 cm³/mol. The van der Waals surface area contributed by atoms with Crippen LogP contribution in [-0.2, 0) is 0 Å². The van der Waals surface area contributed by atoms with Gasteiger partial charge in [-0.25, -0.2) is 0 Å². The normalized spacial score (nSPS) is 32.0. The lowest BCUT2D eigenvalue weighted by Crippen LogP contribution is -2.10. The Morgan fingerprint density at radius 1 is 1.39 bits per heavy atom. The van der Waals surface area contributed by atoms with E-state index in [0.29, 0.717) is 11.8 Å². The minimum atomic E-state index is 0.341. The van der Waals surface area contributed by atoms with Crippen LogP contribution in [0.5, 0.6) is 0 Å². The molecule has 2 saturated carbocycles. The molecule has 4 heteroatoms. The van der Waals surface area contributed by atoms with E-state index >= 15 is 0 Å². The van der Waals surface area contributed by atoms with Crippen LogP contribution < -0.4 is 5.73 Å². The first-order chi connectivity index (χ1) is 8.78. The molecule has 2 aliphatic carbocycles. The van der Waals surface area contributed by atoms with Crippen molar-refractivity contribution in [2.75, 3.05) is 6.54 Å². The molecule has 18 heavy (non-hydrogen) atoms. The molecule has 1 heterocycles. The largest absolute Gasteiger partial charge is 0.339 e. The third-order valence-electron chi connectivity index (χ3n) is 4.79. The highest BCUT2D eigenvalue weighted by molar-refractivity contribution is 5.07. The van der Waals surface area contributed by atoms with E-state index in [1.807, 2.05) is 0 Å². The first-order valence-electron chi connectivity index (χ1n) is 7.31. The van der Waals surface area contributed by atoms with Crippen LogP contribution in [0, 0.1) is 11.8 Å². The Labute approximate surface area is 108 Å². The molecular formula is C14H23N3O. The first kappa shape index (κ1) is 12.2. The molecule has 4 atom stereocenters. The molecule has 2 aliphatic rings. The van der Waals surface area contributed by atoms with Crippen LogP contribution in [0.4, 0.5) is 0 Å². The van der Waals surface area contributed by atoms with Gasteiger partial charge in [0, 0.05) is 11.8 Å². The van der Waals surface area contributed by atoms with Crippen molar-refractivity contribution in [3.8, 4) is 0 Å². The summed E-state index contributed by atoms with van der Waals surface area (Å²) < 4.78 is 5.44. The smallest absolute Gasteiger partial charge is 0.229 e. The summed E-state index contributed by atoms with van der Waals surface area (Å²) in [5.41, 5.74) is 5.53. The predicted octanol–water partition coefficient (Wildman–Crippen LogP) is 2.82. The Kier molecular flexibility index (Phi) is 3.37. The molecule has 1 aromatic rings. The third-order valence-corrected chi connectivity index (χ3v) is 4.79. The average Bonchev–Trinajstić information content (AvgIpc) is 3.09. The maximum absolute atomic E-state index is 5.53. The summed E-state index contributed by atoms with van der Waals surface area (Å²) in [5.74, 6) is 4.44. The van der Waals surface area contributed by atoms with E-state index in [2.05, 4.69) is 17.1 Å². The lowest BCUT2D eigenvalue weighted by atomic mass is 9.88. The Morgan fingerprint density at radius 3 is 2.94 bits per heavy atom. The van der Waals surface area contributed by atoms with Crippen molar-refractivity contribution < 1.29 is 4.52 Å². The number of rotatable bonds is 5. The second kappa shape index (κ2) is 5.00. The van der Waals surface area contributed by atoms with Gasteiger partial charge < -0.3 is 10.3 Å². The summed E-state index contributed by atoms with van der Waals surface area (Å²) in [6.45, 7) is 2.88. The van der Waals surface area contributed by atoms with Gasteiger partial charge >= 0.3 is 0 Å². The summed E-state index contributed by atoms with van der Waals surface area (Å²) >= 11 is 0. The summed E-state index contributed by atoms with van der Waals surface area (Å²) in [7, 11) is 0. The Hall–Kier alpha value is -0.900. The molecule has 2 N–H and O–H groups in total. The van der Waals surface area contributed by atoms with Gasteiger partial charge in [-0.15, -0.1) is 0 Å². The second-order valence-electron chi connectivity index (χ2n) is 6.10. The van der Waals surface area contributed by atoms with E-state index in [0.717, 1.165) is 42.9 Å². The minimum Gasteiger partial charge on any atom is -0.339 e. The number of aromatic nitrogens is 2. The van der Waals surface area contributed by atoms with Crippen LogP contribution >= 0.6 is 0 Å². The molecule has 100 valence electrons. The maximum atomic E-state index is 5.53. The van der Waals surface area contributed by atoms with E-state index in [-0.39, 0.29) is 0 Å². The van der Waals surface area contributed by atoms with Crippen LogP contribution in [0.15, 0.2) is 4.52 Å². The van der Waals surface area contributed by atoms with Gasteiger partial charge in [-0.3, -0.25) is 0 Å². The van der Waals surface area contributed by atoms with Crippen molar-refractivity contribution in [3.05, 3.63) is 11.7 Å². The summed E-state index contributed by atoms with van der Waals surface area (Å²) in [6.07, 6.45) is 7.50. The summed E-state index contributed by atoms with van der Waals surface area (Å²) in [6, 6.07) is 0. The summed E-state index contributed by atoms with van der Waals surface area (Å²) in [5, 5.41) is 4.23. The number of hydrogen-bond acceptors (Lipinski definition) is 4. The Morgan fingerprint density at radius 2 is 2.28 bits per heavy atom. The summed E-state index contributed by atoms with van der Waals surface area (Å²) in [4.78, 5) is 4.65. The fourth-order valence-electron chi connectivity index (χ4n) is 3.71. The molecule has 1 aromatic heterocycles. The standard InChI is InChI=1S/C14H23N3O/c1-9(3-2-6-15)14-16-13(17-18-14)12-8-10-4-5-11(12)7-10/h9-12H,2-8,15H2,1H3. The minimum absolute atomic E-state index is 0.341. The third kappa shape index (κ3) is 2.18. The zero-order chi connectivity index (χ0) is 12.5. The van der Waals surface area contributed by atoms with Gasteiger partial charge in [0.25, 0.3) is 0 Å². The molecular weight excluding hydrogens is 226 g/mol. The fraction of sp³-hybridized carbons (Fsp3) is 0.857. The number of nitrogens with two attached hydrogens (primary N) is 1. The van der Waals surface area contributed by atoms with E-state index in [1.165, 1.54) is 25.7 Å². The van der Waals surface area contributed by atoms with Gasteiger partial charge in [0.1, 0.15) is 0 Å². The molecule has 0 aliphatic heterocycles. The van der Waals surface area contributed by atoms with Gasteiger partial charge in [-0.2, -0.15) is 4.98 Å². The highest BCUT2D eigenvalue weighted by Crippen LogP contribution is 2.52. The first-order valence-corrected chi connectivity index (χ1v) is 7.31. The van der Waals surface area contributed by atoms with Crippen molar-refractivity contribution >= 4 is 0 Å². The van der Waals surface area contributed by atoms with Gasteiger partial charge in [-0.1, -0.05) is 18.5 Å². The maximum Gasteiger partial charge on any atom is 0.229 e. The lowest BCUT2D eigenvalue weighted by Gasteiger charge is -2.17. The number of hydrogen-bond donors (Lipinski definition) is 1. The highest BCUT2D eigenvalue weighted by atomic mass is 16.5. The molecule has 4 unspecified atom stereocenters. The number of nitrogens with zero attached hydrogens (tertiary/aromatic N) is 2. The van der Waals surface area contributed by atoms with E-state index in [4.69, 9.17) is 10.3 Å². The van der Waals surface area contributed by atoms with Gasteiger partial charge in [0.2, 0.25) is 5.89 Å². The fourth-order valence-corrected chi connectivity index (χ4v) is 3.71. The second-order valence-corrected chi connectivity index (χ2v) is 6.10. The highest BCUT2D eigenvalue weighted by Gasteiger charge is 2.42. The quantitative estimate of drug-likeness (QED) is 0.871. The zero-order valence-electron chi connectivity index (χ0n) is 11.1. The van der Waals surface area contributed by atoms with Gasteiger partial charge in [-0.05, 0) is 50.5 Å². The van der Waals surface area contributed by atoms with Gasteiger partial charge in [0.15, 0.2) is 5.82 Å². The van der Waals surface area contributed by atoms with Crippen LogP contribution in [0.3, 0.4) is 0 Å². The molecule has 4 nitrogen and oxygen atoms in total. The SMILES string of the molecule is CC(CCCN)c1nc(C2CC3CCC2C3)no1. The average molecular weight is 249 g/mol. The van der Waals surface area contributed by atoms with Crippen LogP contribution in [0.2, 0.25) is 0 Å². The lowest BCUT2D eigenvalue weighted by molar-refractivity contribution is 0.336. The van der Waals surface area contributed by atoms with Crippen molar-refractivity contribution in [1.82, 2.24) is 10.1 Å². The Bertz CT molecular complexity index is 403. The molecule has 0 aromatic carbocycles. The van der Waals surface area contributed by atoms with Crippen molar-refractivity contribution in [3.63, 3.8) is 0 Å². The molecule has 2 bridgehead atoms. The molecule has 0 radical (unpaired) electrons. The number of fused-ring (bicyclic) bond motifs is 2. The van der Waals surface area contributed by atoms with E-state index < -0.39 is 0 Å². The van der Waals surface area contributed by atoms with E-state index in [9.17, 15) is 0 Å². The topological polar surface area (TPSA) is 64.9 Å². The van der Waals surface area contributed by atoms with E-state index in [1.54, 1.807) is 0 Å². The van der Waals surface area contributed by atoms with Crippen molar-refractivity contribution in [2.45, 2.75) is 57.3 Å². The Balaban J connectivity index is 1.66. The van der Waals surface area contributed by atoms with Crippen LogP contribution in [0.1, 0.15) is 69.0 Å². The molecule has 0 amide bonds. The monoisotopic (exact) mass is 249 g/mol. The van der Waals surface area contributed by atoms with Crippen LogP contribution in [0.25, 0.3) is 0 Å². The molecule has 0 saturated heterocycles. The molecule has 0 spiro atoms. The molecule has 3 rings (SSSR count). The van der Waals surface area contributed by atoms with Gasteiger partial charge in [0.05, 0.1) is 0 Å². The van der Waals surface area contributed by atoms with Crippen molar-refractivity contribution in [1.29, 1.82) is 0 Å². The van der Waals surface area contributed by atoms with Crippen LogP contribution in [-0.4, -0.2) is 16.7 Å². The molecule has 2 fully saturated rings. The zero-order valence-corrected chi connectivity index (χ0v) is 11.1.